The van der Waals surface area contributed by atoms with Gasteiger partial charge >= 0.3 is 0 Å². The molecule has 3 aromatic rings. The maximum Gasteiger partial charge on any atom is 0.229 e. The molecule has 2 aliphatic rings. The summed E-state index contributed by atoms with van der Waals surface area (Å²) in [7, 11) is 0. The van der Waals surface area contributed by atoms with Gasteiger partial charge in [-0.05, 0) is 24.3 Å². The van der Waals surface area contributed by atoms with E-state index in [-0.39, 0.29) is 17.1 Å². The second kappa shape index (κ2) is 12.2. The van der Waals surface area contributed by atoms with Crippen molar-refractivity contribution in [3.63, 3.8) is 0 Å². The Kier molecular flexibility index (Phi) is 8.77. The number of fused-ring (bicyclic) bond motifs is 1. The van der Waals surface area contributed by atoms with Gasteiger partial charge in [-0.3, -0.25) is 4.79 Å². The highest BCUT2D eigenvalue weighted by Crippen LogP contribution is 2.43. The minimum absolute atomic E-state index is 0.0172. The number of aromatic hydroxyl groups is 3. The summed E-state index contributed by atoms with van der Waals surface area (Å²) < 4.78 is 27.4. The van der Waals surface area contributed by atoms with Crippen LogP contribution in [0.1, 0.15) is 0 Å². The van der Waals surface area contributed by atoms with Crippen LogP contribution in [0.4, 0.5) is 0 Å². The number of ether oxygens (including phenoxy) is 4. The van der Waals surface area contributed by atoms with E-state index in [0.717, 1.165) is 12.1 Å². The number of benzene rings is 2. The van der Waals surface area contributed by atoms with E-state index in [4.69, 9.17) is 23.4 Å². The smallest absolute Gasteiger partial charge is 0.229 e. The van der Waals surface area contributed by atoms with Crippen LogP contribution in [0.5, 0.6) is 23.0 Å². The van der Waals surface area contributed by atoms with Crippen LogP contribution < -0.4 is 10.2 Å². The van der Waals surface area contributed by atoms with E-state index in [9.17, 15) is 55.9 Å². The van der Waals surface area contributed by atoms with Crippen molar-refractivity contribution < 1.29 is 74.4 Å². The third kappa shape index (κ3) is 5.73. The summed E-state index contributed by atoms with van der Waals surface area (Å²) in [4.78, 5) is 12.9. The zero-order valence-corrected chi connectivity index (χ0v) is 22.1. The Morgan fingerprint density at radius 2 is 1.37 bits per heavy atom. The number of phenolic OH excluding ortho intramolecular Hbond substituents is 3. The van der Waals surface area contributed by atoms with E-state index in [0.29, 0.717) is 5.56 Å². The van der Waals surface area contributed by atoms with Crippen molar-refractivity contribution in [2.75, 3.05) is 13.2 Å². The Balaban J connectivity index is 1.38. The largest absolute Gasteiger partial charge is 0.508 e. The second-order valence-corrected chi connectivity index (χ2v) is 10.1. The molecule has 16 nitrogen and oxygen atoms in total. The fraction of sp³-hybridized carbons (Fsp3) is 0.444. The molecule has 2 saturated heterocycles. The summed E-state index contributed by atoms with van der Waals surface area (Å²) in [6, 6.07) is 7.73. The van der Waals surface area contributed by atoms with E-state index < -0.39 is 103 Å². The van der Waals surface area contributed by atoms with Gasteiger partial charge in [0.2, 0.25) is 12.0 Å². The highest BCUT2D eigenvalue weighted by molar-refractivity contribution is 5.89. The van der Waals surface area contributed by atoms with Crippen molar-refractivity contribution in [2.45, 2.75) is 61.4 Å². The number of hydrogen-bond acceptors (Lipinski definition) is 16. The summed E-state index contributed by atoms with van der Waals surface area (Å²) in [6.45, 7) is -1.61. The third-order valence-electron chi connectivity index (χ3n) is 7.27. The zero-order valence-electron chi connectivity index (χ0n) is 22.1. The van der Waals surface area contributed by atoms with E-state index in [2.05, 4.69) is 0 Å². The monoisotopic (exact) mass is 610 g/mol. The average Bonchev–Trinajstić information content (AvgIpc) is 2.98. The SMILES string of the molecule is O=c1cc(-c2ccc(O)cc2)oc2cc(O)c(O[C@@H]3O[C@H](CO)[C@@H](O[C@@H]4O[C@H](CO)[C@@H](O)[C@H](O)[C@H]4O)[C@H](O)[C@H]3O)c(O)c12. The van der Waals surface area contributed by atoms with Crippen molar-refractivity contribution in [2.24, 2.45) is 0 Å². The van der Waals surface area contributed by atoms with Crippen LogP contribution in [0.2, 0.25) is 0 Å². The first kappa shape index (κ1) is 30.9. The summed E-state index contributed by atoms with van der Waals surface area (Å²) >= 11 is 0. The Labute approximate surface area is 241 Å². The molecule has 10 atom stereocenters. The molecule has 2 fully saturated rings. The summed E-state index contributed by atoms with van der Waals surface area (Å²) in [5.41, 5.74) is -0.554. The standard InChI is InChI=1S/C27H30O16/c28-7-15-18(33)20(35)22(37)26(40-15)43-25-16(8-29)41-27(23(38)21(25)36)42-24-12(32)6-14-17(19(24)34)11(31)5-13(39-14)9-1-3-10(30)4-2-9/h1-6,15-16,18,20-23,25-30,32-38H,7-8H2/t15-,16-,18-,20+,21-,22-,23-,25-,26+,27+/m1/s1. The maximum atomic E-state index is 12.9. The van der Waals surface area contributed by atoms with Gasteiger partial charge in [-0.25, -0.2) is 0 Å². The number of phenols is 3. The molecule has 43 heavy (non-hydrogen) atoms. The number of hydrogen-bond donors (Lipinski definition) is 10. The van der Waals surface area contributed by atoms with Gasteiger partial charge in [-0.2, -0.15) is 0 Å². The molecule has 2 aromatic carbocycles. The fourth-order valence-corrected chi connectivity index (χ4v) is 4.92. The lowest BCUT2D eigenvalue weighted by molar-refractivity contribution is -0.352. The summed E-state index contributed by atoms with van der Waals surface area (Å²) in [6.07, 6.45) is -17.3. The molecule has 0 amide bonds. The topological polar surface area (TPSA) is 269 Å². The molecule has 234 valence electrons. The van der Waals surface area contributed by atoms with E-state index >= 15 is 0 Å². The molecule has 3 heterocycles. The van der Waals surface area contributed by atoms with Crippen molar-refractivity contribution in [3.8, 4) is 34.3 Å². The number of rotatable bonds is 7. The van der Waals surface area contributed by atoms with Gasteiger partial charge in [0, 0.05) is 17.7 Å². The van der Waals surface area contributed by atoms with Gasteiger partial charge in [0.05, 0.1) is 13.2 Å². The Morgan fingerprint density at radius 3 is 2.02 bits per heavy atom. The fourth-order valence-electron chi connectivity index (χ4n) is 4.92. The predicted octanol–water partition coefficient (Wildman–Crippen LogP) is -2.42. The molecule has 1 aromatic heterocycles. The molecule has 10 N–H and O–H groups in total. The van der Waals surface area contributed by atoms with Crippen LogP contribution >= 0.6 is 0 Å². The van der Waals surface area contributed by atoms with Crippen molar-refractivity contribution in [3.05, 3.63) is 46.6 Å². The number of aliphatic hydroxyl groups is 7. The van der Waals surface area contributed by atoms with Gasteiger partial charge in [-0.15, -0.1) is 0 Å². The van der Waals surface area contributed by atoms with E-state index in [1.807, 2.05) is 0 Å². The van der Waals surface area contributed by atoms with Crippen LogP contribution in [0.15, 0.2) is 45.6 Å². The van der Waals surface area contributed by atoms with Gasteiger partial charge in [-0.1, -0.05) is 0 Å². The lowest BCUT2D eigenvalue weighted by Crippen LogP contribution is -2.65. The molecule has 5 rings (SSSR count). The molecule has 0 saturated carbocycles. The van der Waals surface area contributed by atoms with Gasteiger partial charge in [0.15, 0.2) is 23.2 Å². The zero-order chi connectivity index (χ0) is 31.2. The predicted molar refractivity (Wildman–Crippen MR) is 140 cm³/mol. The van der Waals surface area contributed by atoms with Crippen molar-refractivity contribution in [1.82, 2.24) is 0 Å². The molecule has 0 radical (unpaired) electrons. The molecule has 0 unspecified atom stereocenters. The van der Waals surface area contributed by atoms with Gasteiger partial charge < -0.3 is 74.4 Å². The average molecular weight is 611 g/mol. The molecule has 0 spiro atoms. The minimum atomic E-state index is -1.99. The first-order chi connectivity index (χ1) is 20.4. The minimum Gasteiger partial charge on any atom is -0.508 e. The molecular weight excluding hydrogens is 580 g/mol. The van der Waals surface area contributed by atoms with Crippen LogP contribution in [0.25, 0.3) is 22.3 Å². The van der Waals surface area contributed by atoms with Crippen LogP contribution in [-0.2, 0) is 14.2 Å². The highest BCUT2D eigenvalue weighted by Gasteiger charge is 2.51. The first-order valence-corrected chi connectivity index (χ1v) is 13.0. The van der Waals surface area contributed by atoms with Gasteiger partial charge in [0.25, 0.3) is 0 Å². The maximum absolute atomic E-state index is 12.9. The number of aliphatic hydroxyl groups excluding tert-OH is 7. The van der Waals surface area contributed by atoms with Crippen LogP contribution in [-0.4, -0.2) is 126 Å². The Morgan fingerprint density at radius 1 is 0.744 bits per heavy atom. The quantitative estimate of drug-likeness (QED) is 0.133. The van der Waals surface area contributed by atoms with Crippen molar-refractivity contribution >= 4 is 11.0 Å². The molecule has 2 aliphatic heterocycles. The normalized spacial score (nSPS) is 33.0. The molecule has 0 bridgehead atoms. The van der Waals surface area contributed by atoms with Crippen molar-refractivity contribution in [1.29, 1.82) is 0 Å². The summed E-state index contributed by atoms with van der Waals surface area (Å²) in [5, 5.41) is 102. The highest BCUT2D eigenvalue weighted by atomic mass is 16.7. The Hall–Kier alpha value is -3.55. The van der Waals surface area contributed by atoms with Gasteiger partial charge in [0.1, 0.15) is 71.3 Å². The lowest BCUT2D eigenvalue weighted by atomic mass is 9.97. The first-order valence-electron chi connectivity index (χ1n) is 13.0. The molecular formula is C27H30O16. The molecule has 16 heteroatoms. The van der Waals surface area contributed by atoms with Crippen LogP contribution in [0.3, 0.4) is 0 Å². The third-order valence-corrected chi connectivity index (χ3v) is 7.27. The lowest BCUT2D eigenvalue weighted by Gasteiger charge is -2.45. The van der Waals surface area contributed by atoms with E-state index in [1.54, 1.807) is 0 Å². The molecule has 0 aliphatic carbocycles. The summed E-state index contributed by atoms with van der Waals surface area (Å²) in [5.74, 6) is -2.31. The second-order valence-electron chi connectivity index (χ2n) is 10.1. The Bertz CT molecular complexity index is 1490. The van der Waals surface area contributed by atoms with E-state index in [1.165, 1.54) is 24.3 Å². The van der Waals surface area contributed by atoms with Crippen LogP contribution in [0, 0.1) is 0 Å².